The minimum Gasteiger partial charge on any atom is -0.205 e. The summed E-state index contributed by atoms with van der Waals surface area (Å²) in [5.74, 6) is 0.00306. The van der Waals surface area contributed by atoms with Crippen LogP contribution in [0.25, 0.3) is 0 Å². The first kappa shape index (κ1) is 11.4. The van der Waals surface area contributed by atoms with E-state index in [9.17, 15) is 13.3 Å². The van der Waals surface area contributed by atoms with Crippen molar-refractivity contribution in [3.8, 4) is 0 Å². The van der Waals surface area contributed by atoms with Gasteiger partial charge in [0.1, 0.15) is 0 Å². The fraction of sp³-hybridized carbons (Fsp3) is 1.00. The van der Waals surface area contributed by atoms with E-state index >= 15 is 0 Å². The van der Waals surface area contributed by atoms with E-state index in [1.165, 1.54) is 0 Å². The van der Waals surface area contributed by atoms with Gasteiger partial charge in [0.15, 0.2) is 0 Å². The van der Waals surface area contributed by atoms with E-state index in [0.29, 0.717) is 10.8 Å². The second-order valence-electron chi connectivity index (χ2n) is 2.54. The molecular formula is C6H14N2O3S. The van der Waals surface area contributed by atoms with E-state index in [4.69, 9.17) is 0 Å². The molecule has 0 atom stereocenters. The Balaban J connectivity index is 3.97. The first-order valence-corrected chi connectivity index (χ1v) is 5.45. The van der Waals surface area contributed by atoms with Gasteiger partial charge in [-0.25, -0.2) is 8.42 Å². The molecule has 0 aliphatic rings. The van der Waals surface area contributed by atoms with Crippen molar-refractivity contribution < 1.29 is 8.42 Å². The molecule has 6 heteroatoms. The van der Waals surface area contributed by atoms with Gasteiger partial charge in [0.25, 0.3) is 10.0 Å². The Hall–Kier alpha value is -0.650. The van der Waals surface area contributed by atoms with Crippen molar-refractivity contribution in [2.75, 3.05) is 12.8 Å². The molecule has 0 bridgehead atoms. The second kappa shape index (κ2) is 5.08. The van der Waals surface area contributed by atoms with Crippen LogP contribution in [0.2, 0.25) is 0 Å². The van der Waals surface area contributed by atoms with Crippen molar-refractivity contribution in [1.29, 1.82) is 0 Å². The first-order valence-electron chi connectivity index (χ1n) is 3.84. The average Bonchev–Trinajstić information content (AvgIpc) is 2.03. The van der Waals surface area contributed by atoms with Gasteiger partial charge >= 0.3 is 0 Å². The molecule has 0 N–H and O–H groups in total. The quantitative estimate of drug-likeness (QED) is 0.361. The largest absolute Gasteiger partial charge is 0.252 e. The van der Waals surface area contributed by atoms with Crippen LogP contribution in [0.15, 0.2) is 5.29 Å². The van der Waals surface area contributed by atoms with Crippen LogP contribution in [0.1, 0.15) is 26.2 Å². The number of nitroso groups, excluding NO2 is 1. The van der Waals surface area contributed by atoms with Crippen LogP contribution in [-0.2, 0) is 10.0 Å². The standard InChI is InChI=1S/C6H14N2O3S/c1-3-4-5-6-12(10,11)8(2)7-9/h3-6H2,1-2H3. The highest BCUT2D eigenvalue weighted by Gasteiger charge is 2.15. The molecule has 0 radical (unpaired) electrons. The Morgan fingerprint density at radius 1 is 1.33 bits per heavy atom. The smallest absolute Gasteiger partial charge is 0.205 e. The summed E-state index contributed by atoms with van der Waals surface area (Å²) in [7, 11) is -2.28. The third-order valence-electron chi connectivity index (χ3n) is 1.52. The molecule has 0 aliphatic carbocycles. The van der Waals surface area contributed by atoms with Crippen molar-refractivity contribution in [3.05, 3.63) is 4.91 Å². The van der Waals surface area contributed by atoms with E-state index in [2.05, 4.69) is 5.29 Å². The van der Waals surface area contributed by atoms with Crippen molar-refractivity contribution >= 4 is 10.0 Å². The average molecular weight is 194 g/mol. The van der Waals surface area contributed by atoms with E-state index < -0.39 is 10.0 Å². The van der Waals surface area contributed by atoms with E-state index in [-0.39, 0.29) is 5.75 Å². The van der Waals surface area contributed by atoms with Gasteiger partial charge in [0.05, 0.1) is 11.0 Å². The van der Waals surface area contributed by atoms with Crippen molar-refractivity contribution in [2.24, 2.45) is 5.29 Å². The molecule has 12 heavy (non-hydrogen) atoms. The van der Waals surface area contributed by atoms with Gasteiger partial charge in [-0.2, -0.15) is 4.41 Å². The van der Waals surface area contributed by atoms with Crippen LogP contribution >= 0.6 is 0 Å². The lowest BCUT2D eigenvalue weighted by Crippen LogP contribution is -2.23. The summed E-state index contributed by atoms with van der Waals surface area (Å²) in [6.45, 7) is 1.98. The fourth-order valence-electron chi connectivity index (χ4n) is 0.717. The number of unbranched alkanes of at least 4 members (excludes halogenated alkanes) is 2. The fourth-order valence-corrected chi connectivity index (χ4v) is 1.65. The molecule has 0 fully saturated rings. The SMILES string of the molecule is CCCCCS(=O)(=O)N(C)N=O. The zero-order chi connectivity index (χ0) is 9.61. The molecule has 5 nitrogen and oxygen atoms in total. The maximum Gasteiger partial charge on any atom is 0.252 e. The highest BCUT2D eigenvalue weighted by Crippen LogP contribution is 2.03. The maximum atomic E-state index is 11.1. The Kier molecular flexibility index (Phi) is 4.80. The van der Waals surface area contributed by atoms with E-state index in [1.807, 2.05) is 6.92 Å². The van der Waals surface area contributed by atoms with Gasteiger partial charge < -0.3 is 0 Å². The Labute approximate surface area is 72.7 Å². The third kappa shape index (κ3) is 3.66. The topological polar surface area (TPSA) is 66.8 Å². The normalized spacial score (nSPS) is 11.2. The van der Waals surface area contributed by atoms with Gasteiger partial charge in [-0.1, -0.05) is 19.8 Å². The molecule has 0 unspecified atom stereocenters. The molecule has 0 spiro atoms. The first-order chi connectivity index (χ1) is 5.54. The maximum absolute atomic E-state index is 11.1. The number of nitrogens with zero attached hydrogens (tertiary/aromatic N) is 2. The number of rotatable bonds is 6. The molecule has 0 saturated heterocycles. The van der Waals surface area contributed by atoms with Crippen LogP contribution in [0.5, 0.6) is 0 Å². The van der Waals surface area contributed by atoms with Gasteiger partial charge in [0.2, 0.25) is 0 Å². The second-order valence-corrected chi connectivity index (χ2v) is 4.64. The summed E-state index contributed by atoms with van der Waals surface area (Å²) in [5, 5.41) is 2.33. The minimum absolute atomic E-state index is 0.00306. The molecule has 0 aliphatic heterocycles. The van der Waals surface area contributed by atoms with E-state index in [1.54, 1.807) is 0 Å². The summed E-state index contributed by atoms with van der Waals surface area (Å²) >= 11 is 0. The number of hydrogen-bond donors (Lipinski definition) is 0. The summed E-state index contributed by atoms with van der Waals surface area (Å²) < 4.78 is 22.6. The molecule has 0 aromatic rings. The predicted octanol–water partition coefficient (Wildman–Crippen LogP) is 1.12. The number of sulfonamides is 1. The summed E-state index contributed by atoms with van der Waals surface area (Å²) in [5.41, 5.74) is 0. The lowest BCUT2D eigenvalue weighted by Gasteiger charge is -2.08. The van der Waals surface area contributed by atoms with Gasteiger partial charge in [-0.05, 0) is 6.42 Å². The van der Waals surface area contributed by atoms with Crippen LogP contribution in [0.3, 0.4) is 0 Å². The minimum atomic E-state index is -3.43. The Bertz CT molecular complexity index is 225. The van der Waals surface area contributed by atoms with E-state index in [0.717, 1.165) is 19.9 Å². The highest BCUT2D eigenvalue weighted by atomic mass is 32.2. The lowest BCUT2D eigenvalue weighted by molar-refractivity contribution is 0.483. The van der Waals surface area contributed by atoms with Crippen LogP contribution in [0.4, 0.5) is 0 Å². The molecule has 0 saturated carbocycles. The molecule has 72 valence electrons. The third-order valence-corrected chi connectivity index (χ3v) is 3.20. The van der Waals surface area contributed by atoms with Crippen LogP contribution < -0.4 is 0 Å². The molecule has 0 amide bonds. The summed E-state index contributed by atoms with van der Waals surface area (Å²) in [4.78, 5) is 9.88. The molecule has 0 heterocycles. The van der Waals surface area contributed by atoms with Gasteiger partial charge in [-0.15, -0.1) is 4.91 Å². The molecule has 0 aromatic carbocycles. The summed E-state index contributed by atoms with van der Waals surface area (Å²) in [6.07, 6.45) is 2.39. The van der Waals surface area contributed by atoms with Crippen LogP contribution in [-0.4, -0.2) is 25.6 Å². The van der Waals surface area contributed by atoms with Crippen molar-refractivity contribution in [3.63, 3.8) is 0 Å². The molecule has 0 rings (SSSR count). The zero-order valence-electron chi connectivity index (χ0n) is 7.36. The zero-order valence-corrected chi connectivity index (χ0v) is 8.17. The Morgan fingerprint density at radius 2 is 1.92 bits per heavy atom. The van der Waals surface area contributed by atoms with Crippen molar-refractivity contribution in [1.82, 2.24) is 4.41 Å². The monoisotopic (exact) mass is 194 g/mol. The van der Waals surface area contributed by atoms with Crippen LogP contribution in [0, 0.1) is 4.91 Å². The highest BCUT2D eigenvalue weighted by molar-refractivity contribution is 7.89. The summed E-state index contributed by atoms with van der Waals surface area (Å²) in [6, 6.07) is 0. The predicted molar refractivity (Wildman–Crippen MR) is 46.9 cm³/mol. The molecular weight excluding hydrogens is 180 g/mol. The Morgan fingerprint density at radius 3 is 2.33 bits per heavy atom. The lowest BCUT2D eigenvalue weighted by atomic mass is 10.3. The van der Waals surface area contributed by atoms with Gasteiger partial charge in [-0.3, -0.25) is 0 Å². The van der Waals surface area contributed by atoms with Crippen molar-refractivity contribution in [2.45, 2.75) is 26.2 Å². The van der Waals surface area contributed by atoms with Gasteiger partial charge in [0, 0.05) is 7.05 Å². The molecule has 0 aromatic heterocycles. The number of hydrogen-bond acceptors (Lipinski definition) is 4.